The third kappa shape index (κ3) is 5.38. The molecule has 1 rings (SSSR count). The fourth-order valence-corrected chi connectivity index (χ4v) is 2.08. The Morgan fingerprint density at radius 1 is 1.24 bits per heavy atom. The molecule has 4 nitrogen and oxygen atoms in total. The number of amides is 1. The van der Waals surface area contributed by atoms with Crippen LogP contribution in [0.4, 0.5) is 4.79 Å². The summed E-state index contributed by atoms with van der Waals surface area (Å²) in [6, 6.07) is 7.91. The lowest BCUT2D eigenvalue weighted by Gasteiger charge is -2.33. The number of hydrogen-bond acceptors (Lipinski definition) is 3. The van der Waals surface area contributed by atoms with Crippen molar-refractivity contribution >= 4 is 6.09 Å². The summed E-state index contributed by atoms with van der Waals surface area (Å²) in [4.78, 5) is 11.8. The lowest BCUT2D eigenvalue weighted by molar-refractivity contribution is 0.0500. The minimum atomic E-state index is -0.494. The van der Waals surface area contributed by atoms with Gasteiger partial charge in [-0.3, -0.25) is 0 Å². The number of benzene rings is 1. The van der Waals surface area contributed by atoms with Crippen LogP contribution in [0.5, 0.6) is 0 Å². The molecular formula is C17H28N2O2. The van der Waals surface area contributed by atoms with Crippen molar-refractivity contribution in [1.29, 1.82) is 0 Å². The van der Waals surface area contributed by atoms with Gasteiger partial charge >= 0.3 is 6.09 Å². The normalized spacial score (nSPS) is 13.7. The summed E-state index contributed by atoms with van der Waals surface area (Å²) < 4.78 is 5.25. The van der Waals surface area contributed by atoms with Crippen molar-refractivity contribution in [1.82, 2.24) is 5.32 Å². The first-order valence-electron chi connectivity index (χ1n) is 7.31. The largest absolute Gasteiger partial charge is 0.444 e. The lowest BCUT2D eigenvalue weighted by Crippen LogP contribution is -2.42. The summed E-state index contributed by atoms with van der Waals surface area (Å²) in [6.45, 7) is 12.1. The van der Waals surface area contributed by atoms with Gasteiger partial charge in [-0.05, 0) is 38.8 Å². The maximum absolute atomic E-state index is 11.8. The molecular weight excluding hydrogens is 264 g/mol. The highest BCUT2D eigenvalue weighted by molar-refractivity contribution is 5.67. The standard InChI is InChI=1S/C17H28N2O2/c1-12-9-7-8-10-13(12)14(18)17(5,6)11-19-15(20)21-16(2,3)4/h7-10,14H,11,18H2,1-6H3,(H,19,20). The first kappa shape index (κ1) is 17.5. The molecule has 0 bridgehead atoms. The Labute approximate surface area is 128 Å². The van der Waals surface area contributed by atoms with Gasteiger partial charge in [0.05, 0.1) is 0 Å². The van der Waals surface area contributed by atoms with E-state index in [4.69, 9.17) is 10.5 Å². The van der Waals surface area contributed by atoms with Crippen molar-refractivity contribution in [3.63, 3.8) is 0 Å². The van der Waals surface area contributed by atoms with E-state index in [1.54, 1.807) is 0 Å². The number of aryl methyl sites for hydroxylation is 1. The van der Waals surface area contributed by atoms with Gasteiger partial charge in [-0.15, -0.1) is 0 Å². The monoisotopic (exact) mass is 292 g/mol. The Balaban J connectivity index is 2.69. The van der Waals surface area contributed by atoms with Gasteiger partial charge in [0.1, 0.15) is 5.60 Å². The third-order valence-corrected chi connectivity index (χ3v) is 3.45. The number of hydrogen-bond donors (Lipinski definition) is 2. The summed E-state index contributed by atoms with van der Waals surface area (Å²) in [5.74, 6) is 0. The number of ether oxygens (including phenoxy) is 1. The molecule has 3 N–H and O–H groups in total. The molecule has 0 heterocycles. The fourth-order valence-electron chi connectivity index (χ4n) is 2.08. The molecule has 0 saturated carbocycles. The molecule has 4 heteroatoms. The van der Waals surface area contributed by atoms with Crippen LogP contribution in [0.2, 0.25) is 0 Å². The molecule has 0 aliphatic heterocycles. The first-order valence-corrected chi connectivity index (χ1v) is 7.31. The minimum absolute atomic E-state index is 0.159. The van der Waals surface area contributed by atoms with E-state index >= 15 is 0 Å². The van der Waals surface area contributed by atoms with Crippen LogP contribution < -0.4 is 11.1 Å². The van der Waals surface area contributed by atoms with Crippen molar-refractivity contribution in [2.45, 2.75) is 53.2 Å². The average Bonchev–Trinajstić information content (AvgIpc) is 2.34. The van der Waals surface area contributed by atoms with Crippen LogP contribution in [0.15, 0.2) is 24.3 Å². The smallest absolute Gasteiger partial charge is 0.407 e. The second-order valence-electron chi connectivity index (χ2n) is 7.18. The van der Waals surface area contributed by atoms with Crippen molar-refractivity contribution in [3.05, 3.63) is 35.4 Å². The molecule has 1 amide bonds. The highest BCUT2D eigenvalue weighted by Gasteiger charge is 2.29. The van der Waals surface area contributed by atoms with Crippen LogP contribution in [0, 0.1) is 12.3 Å². The summed E-state index contributed by atoms with van der Waals surface area (Å²) in [6.07, 6.45) is -0.410. The topological polar surface area (TPSA) is 64.3 Å². The lowest BCUT2D eigenvalue weighted by atomic mass is 9.79. The van der Waals surface area contributed by atoms with Gasteiger partial charge in [-0.2, -0.15) is 0 Å². The molecule has 0 aliphatic rings. The van der Waals surface area contributed by atoms with Gasteiger partial charge in [-0.1, -0.05) is 38.1 Å². The SMILES string of the molecule is Cc1ccccc1C(N)C(C)(C)CNC(=O)OC(C)(C)C. The first-order chi connectivity index (χ1) is 9.53. The molecule has 1 aromatic carbocycles. The third-order valence-electron chi connectivity index (χ3n) is 3.45. The summed E-state index contributed by atoms with van der Waals surface area (Å²) in [7, 11) is 0. The Kier molecular flexibility index (Phi) is 5.40. The molecule has 0 aromatic heterocycles. The molecule has 1 atom stereocenters. The number of carbonyl (C=O) groups is 1. The maximum Gasteiger partial charge on any atom is 0.407 e. The molecule has 0 spiro atoms. The zero-order valence-electron chi connectivity index (χ0n) is 14.0. The van der Waals surface area contributed by atoms with E-state index in [1.165, 1.54) is 0 Å². The van der Waals surface area contributed by atoms with Crippen LogP contribution >= 0.6 is 0 Å². The fraction of sp³-hybridized carbons (Fsp3) is 0.588. The van der Waals surface area contributed by atoms with E-state index in [1.807, 2.05) is 65.8 Å². The van der Waals surface area contributed by atoms with Crippen LogP contribution in [0.1, 0.15) is 51.8 Å². The summed E-state index contributed by atoms with van der Waals surface area (Å²) in [5, 5.41) is 2.81. The van der Waals surface area contributed by atoms with E-state index in [2.05, 4.69) is 5.32 Å². The van der Waals surface area contributed by atoms with Crippen molar-refractivity contribution in [2.24, 2.45) is 11.1 Å². The van der Waals surface area contributed by atoms with E-state index in [0.29, 0.717) is 6.54 Å². The van der Waals surface area contributed by atoms with E-state index in [9.17, 15) is 4.79 Å². The van der Waals surface area contributed by atoms with Gasteiger partial charge in [0, 0.05) is 18.0 Å². The number of alkyl carbamates (subject to hydrolysis) is 1. The summed E-state index contributed by atoms with van der Waals surface area (Å²) in [5.41, 5.74) is 7.89. The number of carbonyl (C=O) groups excluding carboxylic acids is 1. The Bertz CT molecular complexity index is 490. The Hall–Kier alpha value is -1.55. The second kappa shape index (κ2) is 6.48. The van der Waals surface area contributed by atoms with Crippen molar-refractivity contribution < 1.29 is 9.53 Å². The average molecular weight is 292 g/mol. The molecule has 118 valence electrons. The van der Waals surface area contributed by atoms with Crippen LogP contribution in [-0.2, 0) is 4.74 Å². The quantitative estimate of drug-likeness (QED) is 0.892. The van der Waals surface area contributed by atoms with E-state index in [0.717, 1.165) is 11.1 Å². The molecule has 1 unspecified atom stereocenters. The van der Waals surface area contributed by atoms with Crippen molar-refractivity contribution in [3.8, 4) is 0 Å². The minimum Gasteiger partial charge on any atom is -0.444 e. The van der Waals surface area contributed by atoms with Gasteiger partial charge in [0.15, 0.2) is 0 Å². The maximum atomic E-state index is 11.8. The zero-order chi connectivity index (χ0) is 16.3. The zero-order valence-corrected chi connectivity index (χ0v) is 14.0. The van der Waals surface area contributed by atoms with Crippen LogP contribution in [0.25, 0.3) is 0 Å². The van der Waals surface area contributed by atoms with Gasteiger partial charge in [0.25, 0.3) is 0 Å². The van der Waals surface area contributed by atoms with Gasteiger partial charge in [-0.25, -0.2) is 4.79 Å². The predicted octanol–water partition coefficient (Wildman–Crippen LogP) is 3.55. The van der Waals surface area contributed by atoms with E-state index < -0.39 is 11.7 Å². The Morgan fingerprint density at radius 3 is 2.33 bits per heavy atom. The number of nitrogens with one attached hydrogen (secondary N) is 1. The molecule has 21 heavy (non-hydrogen) atoms. The molecule has 0 radical (unpaired) electrons. The number of rotatable bonds is 4. The van der Waals surface area contributed by atoms with Gasteiger partial charge in [0.2, 0.25) is 0 Å². The van der Waals surface area contributed by atoms with Crippen LogP contribution in [0.3, 0.4) is 0 Å². The predicted molar refractivity (Wildman–Crippen MR) is 86.1 cm³/mol. The van der Waals surface area contributed by atoms with E-state index in [-0.39, 0.29) is 11.5 Å². The van der Waals surface area contributed by atoms with Gasteiger partial charge < -0.3 is 15.8 Å². The number of nitrogens with two attached hydrogens (primary N) is 1. The second-order valence-corrected chi connectivity index (χ2v) is 7.18. The molecule has 0 aliphatic carbocycles. The highest BCUT2D eigenvalue weighted by atomic mass is 16.6. The molecule has 0 fully saturated rings. The molecule has 0 saturated heterocycles. The summed E-state index contributed by atoms with van der Waals surface area (Å²) >= 11 is 0. The van der Waals surface area contributed by atoms with Crippen LogP contribution in [-0.4, -0.2) is 18.2 Å². The molecule has 1 aromatic rings. The Morgan fingerprint density at radius 2 is 1.81 bits per heavy atom. The van der Waals surface area contributed by atoms with Crippen molar-refractivity contribution in [2.75, 3.05) is 6.54 Å². The highest BCUT2D eigenvalue weighted by Crippen LogP contribution is 2.32.